The summed E-state index contributed by atoms with van der Waals surface area (Å²) in [6, 6.07) is 0.324. The number of nitrogens with one attached hydrogen (secondary N) is 1. The first-order valence-corrected chi connectivity index (χ1v) is 9.06. The predicted octanol–water partition coefficient (Wildman–Crippen LogP) is 2.70. The van der Waals surface area contributed by atoms with Gasteiger partial charge in [0.15, 0.2) is 5.96 Å². The SMILES string of the molecule is CCNC(=NCCCOCC(F)(F)F)N1CCC(C)C(n2ccnc2)C1. The Kier molecular flexibility index (Phi) is 7.74. The predicted molar refractivity (Wildman–Crippen MR) is 94.1 cm³/mol. The molecule has 0 saturated carbocycles. The van der Waals surface area contributed by atoms with Gasteiger partial charge in [0, 0.05) is 45.2 Å². The molecule has 2 heterocycles. The molecular formula is C17H28F3N5O. The topological polar surface area (TPSA) is 54.7 Å². The molecule has 1 fully saturated rings. The summed E-state index contributed by atoms with van der Waals surface area (Å²) in [4.78, 5) is 10.9. The highest BCUT2D eigenvalue weighted by molar-refractivity contribution is 5.80. The van der Waals surface area contributed by atoms with Gasteiger partial charge in [-0.25, -0.2) is 4.98 Å². The zero-order chi connectivity index (χ0) is 19.0. The van der Waals surface area contributed by atoms with Crippen LogP contribution in [0.3, 0.4) is 0 Å². The molecule has 2 rings (SSSR count). The van der Waals surface area contributed by atoms with Crippen molar-refractivity contribution in [2.24, 2.45) is 10.9 Å². The molecule has 0 spiro atoms. The van der Waals surface area contributed by atoms with Crippen LogP contribution in [0.4, 0.5) is 13.2 Å². The summed E-state index contributed by atoms with van der Waals surface area (Å²) in [6.07, 6.45) is 2.83. The molecule has 0 radical (unpaired) electrons. The molecule has 0 bridgehead atoms. The van der Waals surface area contributed by atoms with E-state index in [4.69, 9.17) is 0 Å². The highest BCUT2D eigenvalue weighted by Gasteiger charge is 2.29. The molecule has 0 aliphatic carbocycles. The number of imidazole rings is 1. The van der Waals surface area contributed by atoms with Gasteiger partial charge in [-0.3, -0.25) is 4.99 Å². The van der Waals surface area contributed by atoms with Gasteiger partial charge in [0.05, 0.1) is 12.4 Å². The smallest absolute Gasteiger partial charge is 0.372 e. The highest BCUT2D eigenvalue weighted by atomic mass is 19.4. The van der Waals surface area contributed by atoms with E-state index in [1.54, 1.807) is 6.20 Å². The number of hydrogen-bond donors (Lipinski definition) is 1. The van der Waals surface area contributed by atoms with Gasteiger partial charge in [-0.2, -0.15) is 13.2 Å². The molecule has 0 aromatic carbocycles. The van der Waals surface area contributed by atoms with Gasteiger partial charge in [-0.15, -0.1) is 0 Å². The third-order valence-electron chi connectivity index (χ3n) is 4.43. The van der Waals surface area contributed by atoms with Crippen LogP contribution in [-0.2, 0) is 4.74 Å². The second-order valence-corrected chi connectivity index (χ2v) is 6.55. The van der Waals surface area contributed by atoms with E-state index < -0.39 is 12.8 Å². The van der Waals surface area contributed by atoms with E-state index in [2.05, 4.69) is 36.4 Å². The number of rotatable bonds is 7. The van der Waals surface area contributed by atoms with Gasteiger partial charge in [0.25, 0.3) is 0 Å². The number of nitrogens with zero attached hydrogens (tertiary/aromatic N) is 4. The zero-order valence-corrected chi connectivity index (χ0v) is 15.4. The maximum Gasteiger partial charge on any atom is 0.411 e. The van der Waals surface area contributed by atoms with Gasteiger partial charge in [0.1, 0.15) is 6.61 Å². The number of ether oxygens (including phenoxy) is 1. The van der Waals surface area contributed by atoms with Crippen molar-refractivity contribution < 1.29 is 17.9 Å². The van der Waals surface area contributed by atoms with Crippen molar-refractivity contribution in [1.29, 1.82) is 0 Å². The minimum Gasteiger partial charge on any atom is -0.372 e. The molecule has 2 unspecified atom stereocenters. The quantitative estimate of drug-likeness (QED) is 0.452. The summed E-state index contributed by atoms with van der Waals surface area (Å²) in [6.45, 7) is 6.00. The van der Waals surface area contributed by atoms with Crippen molar-refractivity contribution in [1.82, 2.24) is 19.8 Å². The molecule has 148 valence electrons. The zero-order valence-electron chi connectivity index (χ0n) is 15.4. The Morgan fingerprint density at radius 3 is 2.88 bits per heavy atom. The lowest BCUT2D eigenvalue weighted by Gasteiger charge is -2.39. The van der Waals surface area contributed by atoms with Gasteiger partial charge in [0.2, 0.25) is 0 Å². The van der Waals surface area contributed by atoms with Crippen LogP contribution in [0.1, 0.15) is 32.7 Å². The normalized spacial score (nSPS) is 21.9. The number of alkyl halides is 3. The standard InChI is InChI=1S/C17H28F3N5O/c1-3-22-16(23-6-4-10-26-12-17(18,19)20)24-8-5-14(2)15(11-24)25-9-7-21-13-25/h7,9,13-15H,3-6,8,10-12H2,1-2H3,(H,22,23). The average molecular weight is 375 g/mol. The fourth-order valence-electron chi connectivity index (χ4n) is 3.06. The number of aliphatic imine (C=N–C) groups is 1. The van der Waals surface area contributed by atoms with Crippen molar-refractivity contribution in [2.45, 2.75) is 38.9 Å². The maximum atomic E-state index is 12.0. The Morgan fingerprint density at radius 2 is 2.23 bits per heavy atom. The summed E-state index contributed by atoms with van der Waals surface area (Å²) in [5, 5.41) is 3.28. The third kappa shape index (κ3) is 6.51. The first-order chi connectivity index (χ1) is 12.4. The van der Waals surface area contributed by atoms with Crippen molar-refractivity contribution in [3.63, 3.8) is 0 Å². The van der Waals surface area contributed by atoms with Crippen LogP contribution in [0, 0.1) is 5.92 Å². The van der Waals surface area contributed by atoms with E-state index in [1.807, 2.05) is 19.4 Å². The van der Waals surface area contributed by atoms with Crippen LogP contribution < -0.4 is 5.32 Å². The van der Waals surface area contributed by atoms with E-state index in [0.717, 1.165) is 32.0 Å². The number of halogens is 3. The second kappa shape index (κ2) is 9.80. The molecule has 1 N–H and O–H groups in total. The monoisotopic (exact) mass is 375 g/mol. The largest absolute Gasteiger partial charge is 0.411 e. The van der Waals surface area contributed by atoms with E-state index in [0.29, 0.717) is 24.9 Å². The summed E-state index contributed by atoms with van der Waals surface area (Å²) in [7, 11) is 0. The Hall–Kier alpha value is -1.77. The Morgan fingerprint density at radius 1 is 1.42 bits per heavy atom. The molecule has 1 aliphatic rings. The lowest BCUT2D eigenvalue weighted by molar-refractivity contribution is -0.173. The van der Waals surface area contributed by atoms with Crippen LogP contribution >= 0.6 is 0 Å². The Labute approximate surface area is 152 Å². The maximum absolute atomic E-state index is 12.0. The first kappa shape index (κ1) is 20.5. The lowest BCUT2D eigenvalue weighted by atomic mass is 9.93. The lowest BCUT2D eigenvalue weighted by Crippen LogP contribution is -2.49. The Bertz CT molecular complexity index is 547. The molecule has 9 heteroatoms. The Balaban J connectivity index is 1.87. The first-order valence-electron chi connectivity index (χ1n) is 9.06. The van der Waals surface area contributed by atoms with Gasteiger partial charge >= 0.3 is 6.18 Å². The molecule has 1 aliphatic heterocycles. The van der Waals surface area contributed by atoms with Crippen LogP contribution in [-0.4, -0.2) is 66.0 Å². The third-order valence-corrected chi connectivity index (χ3v) is 4.43. The van der Waals surface area contributed by atoms with Gasteiger partial charge in [-0.05, 0) is 25.7 Å². The molecule has 2 atom stereocenters. The van der Waals surface area contributed by atoms with Crippen molar-refractivity contribution in [3.05, 3.63) is 18.7 Å². The van der Waals surface area contributed by atoms with Crippen LogP contribution in [0.2, 0.25) is 0 Å². The summed E-state index contributed by atoms with van der Waals surface area (Å²) >= 11 is 0. The average Bonchev–Trinajstić information content (AvgIpc) is 3.11. The van der Waals surface area contributed by atoms with E-state index >= 15 is 0 Å². The number of aromatic nitrogens is 2. The fourth-order valence-corrected chi connectivity index (χ4v) is 3.06. The molecule has 6 nitrogen and oxygen atoms in total. The fraction of sp³-hybridized carbons (Fsp3) is 0.765. The molecular weight excluding hydrogens is 347 g/mol. The summed E-state index contributed by atoms with van der Waals surface area (Å²) in [5.74, 6) is 1.35. The number of guanidine groups is 1. The second-order valence-electron chi connectivity index (χ2n) is 6.55. The number of hydrogen-bond acceptors (Lipinski definition) is 3. The molecule has 1 aromatic heterocycles. The van der Waals surface area contributed by atoms with E-state index in [1.165, 1.54) is 0 Å². The van der Waals surface area contributed by atoms with Crippen LogP contribution in [0.5, 0.6) is 0 Å². The van der Waals surface area contributed by atoms with Crippen LogP contribution in [0.15, 0.2) is 23.7 Å². The molecule has 1 saturated heterocycles. The summed E-state index contributed by atoms with van der Waals surface area (Å²) in [5.41, 5.74) is 0. The van der Waals surface area contributed by atoms with Gasteiger partial charge < -0.3 is 19.5 Å². The molecule has 1 aromatic rings. The van der Waals surface area contributed by atoms with Crippen molar-refractivity contribution in [3.8, 4) is 0 Å². The van der Waals surface area contributed by atoms with Gasteiger partial charge in [-0.1, -0.05) is 6.92 Å². The van der Waals surface area contributed by atoms with E-state index in [9.17, 15) is 13.2 Å². The number of likely N-dealkylation sites (tertiary alicyclic amines) is 1. The van der Waals surface area contributed by atoms with Crippen molar-refractivity contribution >= 4 is 5.96 Å². The molecule has 0 amide bonds. The van der Waals surface area contributed by atoms with Crippen molar-refractivity contribution in [2.75, 3.05) is 39.4 Å². The minimum absolute atomic E-state index is 0.0527. The van der Waals surface area contributed by atoms with E-state index in [-0.39, 0.29) is 6.61 Å². The number of piperidine rings is 1. The molecule has 26 heavy (non-hydrogen) atoms. The van der Waals surface area contributed by atoms with Crippen LogP contribution in [0.25, 0.3) is 0 Å². The minimum atomic E-state index is -4.27. The summed E-state index contributed by atoms with van der Waals surface area (Å²) < 4.78 is 42.9. The highest BCUT2D eigenvalue weighted by Crippen LogP contribution is 2.27.